The van der Waals surface area contributed by atoms with Crippen molar-refractivity contribution in [3.8, 4) is 44.5 Å². The van der Waals surface area contributed by atoms with Crippen molar-refractivity contribution < 1.29 is 6.85 Å². The number of nitrogens with zero attached hydrogens (tertiary/aromatic N) is 2. The van der Waals surface area contributed by atoms with Crippen LogP contribution < -0.4 is 9.80 Å². The lowest BCUT2D eigenvalue weighted by molar-refractivity contribution is 0.661. The molecule has 0 saturated heterocycles. The lowest BCUT2D eigenvalue weighted by Gasteiger charge is -2.35. The molecule has 1 unspecified atom stereocenters. The summed E-state index contributed by atoms with van der Waals surface area (Å²) >= 11 is 0. The normalized spacial score (nSPS) is 16.4. The minimum Gasteiger partial charge on any atom is -0.310 e. The molecule has 13 rings (SSSR count). The average molecular weight is 848 g/mol. The highest BCUT2D eigenvalue weighted by Crippen LogP contribution is 2.64. The Bertz CT molecular complexity index is 3750. The third-order valence-electron chi connectivity index (χ3n) is 14.3. The van der Waals surface area contributed by atoms with Gasteiger partial charge in [-0.1, -0.05) is 196 Å². The monoisotopic (exact) mass is 847 g/mol. The van der Waals surface area contributed by atoms with Crippen LogP contribution in [-0.4, -0.2) is 0 Å². The predicted octanol–water partition coefficient (Wildman–Crippen LogP) is 16.9. The Morgan fingerprint density at radius 3 is 1.36 bits per heavy atom. The Kier molecular flexibility index (Phi) is 7.41. The fourth-order valence-corrected chi connectivity index (χ4v) is 11.7. The molecule has 0 N–H and O–H groups in total. The summed E-state index contributed by atoms with van der Waals surface area (Å²) in [6, 6.07) is 73.9. The molecule has 1 atom stereocenters. The van der Waals surface area contributed by atoms with Gasteiger partial charge in [0.15, 0.2) is 0 Å². The molecule has 0 radical (unpaired) electrons. The fourth-order valence-electron chi connectivity index (χ4n) is 11.7. The maximum atomic E-state index is 9.28. The van der Waals surface area contributed by atoms with Crippen molar-refractivity contribution >= 4 is 34.1 Å². The van der Waals surface area contributed by atoms with E-state index in [1.807, 2.05) is 24.3 Å². The van der Waals surface area contributed by atoms with Gasteiger partial charge in [0.05, 0.1) is 23.6 Å². The molecule has 10 aromatic carbocycles. The summed E-state index contributed by atoms with van der Waals surface area (Å²) in [6.45, 7) is 4.57. The average Bonchev–Trinajstić information content (AvgIpc) is 3.97. The van der Waals surface area contributed by atoms with E-state index in [4.69, 9.17) is 4.11 Å². The maximum absolute atomic E-state index is 9.28. The van der Waals surface area contributed by atoms with E-state index >= 15 is 0 Å². The molecule has 0 heterocycles. The summed E-state index contributed by atoms with van der Waals surface area (Å²) in [7, 11) is 0. The number of hydrogen-bond acceptors (Lipinski definition) is 2. The van der Waals surface area contributed by atoms with Crippen molar-refractivity contribution in [2.75, 3.05) is 9.80 Å². The van der Waals surface area contributed by atoms with Crippen LogP contribution in [-0.2, 0) is 10.8 Å². The Morgan fingerprint density at radius 1 is 0.333 bits per heavy atom. The van der Waals surface area contributed by atoms with Gasteiger partial charge >= 0.3 is 0 Å². The minimum atomic E-state index is -0.727. The topological polar surface area (TPSA) is 6.48 Å². The fraction of sp³-hybridized carbons (Fsp3) is 0.0625. The van der Waals surface area contributed by atoms with Crippen molar-refractivity contribution in [1.29, 1.82) is 0 Å². The lowest BCUT2D eigenvalue weighted by Crippen LogP contribution is -2.27. The van der Waals surface area contributed by atoms with Gasteiger partial charge in [-0.3, -0.25) is 0 Å². The zero-order valence-electron chi connectivity index (χ0n) is 41.6. The smallest absolute Gasteiger partial charge is 0.0727 e. The highest BCUT2D eigenvalue weighted by molar-refractivity contribution is 5.99. The van der Waals surface area contributed by atoms with Crippen LogP contribution in [0.25, 0.3) is 44.5 Å². The van der Waals surface area contributed by atoms with E-state index < -0.39 is 16.9 Å². The van der Waals surface area contributed by atoms with Crippen molar-refractivity contribution in [2.45, 2.75) is 24.7 Å². The van der Waals surface area contributed by atoms with Crippen molar-refractivity contribution in [3.63, 3.8) is 0 Å². The molecule has 3 aliphatic rings. The molecular weight excluding hydrogens is 797 g/mol. The molecule has 2 nitrogen and oxygen atoms in total. The van der Waals surface area contributed by atoms with E-state index in [2.05, 4.69) is 212 Å². The van der Waals surface area contributed by atoms with Gasteiger partial charge in [-0.2, -0.15) is 0 Å². The van der Waals surface area contributed by atoms with E-state index in [0.29, 0.717) is 11.3 Å². The van der Waals surface area contributed by atoms with E-state index in [-0.39, 0.29) is 29.7 Å². The zero-order chi connectivity index (χ0) is 48.3. The summed E-state index contributed by atoms with van der Waals surface area (Å²) < 4.78 is 44.7. The summed E-state index contributed by atoms with van der Waals surface area (Å²) in [4.78, 5) is 4.62. The molecule has 0 saturated carbocycles. The van der Waals surface area contributed by atoms with Gasteiger partial charge in [-0.25, -0.2) is 0 Å². The quantitative estimate of drug-likeness (QED) is 0.158. The first-order valence-electron chi connectivity index (χ1n) is 25.2. The van der Waals surface area contributed by atoms with Crippen LogP contribution in [0.3, 0.4) is 0 Å². The zero-order valence-corrected chi connectivity index (χ0v) is 36.6. The number of benzene rings is 10. The Morgan fingerprint density at radius 2 is 0.773 bits per heavy atom. The maximum Gasteiger partial charge on any atom is 0.0727 e. The van der Waals surface area contributed by atoms with Crippen LogP contribution in [0.15, 0.2) is 243 Å². The van der Waals surface area contributed by atoms with E-state index in [1.165, 1.54) is 44.5 Å². The molecule has 10 aromatic rings. The third kappa shape index (κ3) is 5.42. The molecular formula is C64H46N2. The molecule has 0 aromatic heterocycles. The van der Waals surface area contributed by atoms with E-state index in [9.17, 15) is 2.74 Å². The molecule has 2 heteroatoms. The molecule has 0 aliphatic heterocycles. The molecule has 0 bridgehead atoms. The molecule has 66 heavy (non-hydrogen) atoms. The largest absolute Gasteiger partial charge is 0.310 e. The van der Waals surface area contributed by atoms with Gasteiger partial charge in [0, 0.05) is 33.7 Å². The Labute approximate surface area is 394 Å². The standard InChI is InChI=1S/C64H46N2/c1-63(2)55-32-16-12-30-51(55)54-31-20-36-61(62(54)63)66(60-35-19-15-27-48(60)43-21-6-3-7-22-43)47-38-40-53-50-29-14-18-34-57(50)64(59(53)42-47)56-33-17-13-28-49(56)52-39-37-46(41-58(52)64)65(44-23-8-4-9-24-44)45-25-10-5-11-26-45/h3-42H,1-2H3/i3D,6D,7D,21D,22D. The summed E-state index contributed by atoms with van der Waals surface area (Å²) in [5.41, 5.74) is 19.4. The van der Waals surface area contributed by atoms with E-state index in [1.54, 1.807) is 0 Å². The molecule has 312 valence electrons. The Hall–Kier alpha value is -8.20. The van der Waals surface area contributed by atoms with Gasteiger partial charge in [0.1, 0.15) is 0 Å². The van der Waals surface area contributed by atoms with Crippen LogP contribution in [0.2, 0.25) is 0 Å². The summed E-state index contributed by atoms with van der Waals surface area (Å²) in [5, 5.41) is 0. The molecule has 0 fully saturated rings. The van der Waals surface area contributed by atoms with Crippen LogP contribution >= 0.6 is 0 Å². The number of anilines is 6. The van der Waals surface area contributed by atoms with E-state index in [0.717, 1.165) is 50.7 Å². The van der Waals surface area contributed by atoms with Crippen molar-refractivity contribution in [1.82, 2.24) is 0 Å². The van der Waals surface area contributed by atoms with Gasteiger partial charge in [0.2, 0.25) is 0 Å². The highest BCUT2D eigenvalue weighted by Gasteiger charge is 2.52. The lowest BCUT2D eigenvalue weighted by atomic mass is 9.70. The first-order chi connectivity index (χ1) is 34.6. The number of para-hydroxylation sites is 3. The first kappa shape index (κ1) is 33.3. The SMILES string of the molecule is [2H]c1c([2H])c([2H])c(-c2ccccc2N(c2ccc3c(c2)C2(c4ccccc4-c4ccc(N(c5ccccc5)c5ccccc5)cc42)c2ccccc2-3)c2cccc3c2C(C)(C)c2ccccc2-3)c([2H])c1[2H]. The number of hydrogen-bond donors (Lipinski definition) is 0. The number of fused-ring (bicyclic) bond motifs is 13. The van der Waals surface area contributed by atoms with Crippen molar-refractivity contribution in [2.24, 2.45) is 0 Å². The Balaban J connectivity index is 1.11. The summed E-state index contributed by atoms with van der Waals surface area (Å²) in [5.74, 6) is 0. The van der Waals surface area contributed by atoms with Gasteiger partial charge in [-0.15, -0.1) is 0 Å². The third-order valence-corrected chi connectivity index (χ3v) is 14.3. The van der Waals surface area contributed by atoms with Crippen LogP contribution in [0.4, 0.5) is 34.1 Å². The van der Waals surface area contributed by atoms with Gasteiger partial charge < -0.3 is 9.80 Å². The molecule has 3 aliphatic carbocycles. The highest BCUT2D eigenvalue weighted by atomic mass is 15.2. The number of rotatable bonds is 7. The molecule has 1 spiro atoms. The second kappa shape index (κ2) is 14.7. The van der Waals surface area contributed by atoms with Gasteiger partial charge in [-0.05, 0) is 133 Å². The van der Waals surface area contributed by atoms with Crippen molar-refractivity contribution in [3.05, 3.63) is 276 Å². The van der Waals surface area contributed by atoms with Gasteiger partial charge in [0.25, 0.3) is 0 Å². The van der Waals surface area contributed by atoms with Crippen LogP contribution in [0.5, 0.6) is 0 Å². The molecule has 0 amide bonds. The predicted molar refractivity (Wildman–Crippen MR) is 275 cm³/mol. The van der Waals surface area contributed by atoms with Crippen LogP contribution in [0, 0.1) is 0 Å². The second-order valence-electron chi connectivity index (χ2n) is 18.0. The summed E-state index contributed by atoms with van der Waals surface area (Å²) in [6.07, 6.45) is 0. The first-order valence-corrected chi connectivity index (χ1v) is 22.7. The van der Waals surface area contributed by atoms with Crippen LogP contribution in [0.1, 0.15) is 54.1 Å². The second-order valence-corrected chi connectivity index (χ2v) is 18.0. The minimum absolute atomic E-state index is 0.157.